The highest BCUT2D eigenvalue weighted by molar-refractivity contribution is 7.89. The van der Waals surface area contributed by atoms with E-state index in [9.17, 15) is 17.6 Å². The summed E-state index contributed by atoms with van der Waals surface area (Å²) in [5.41, 5.74) is 1.14. The number of anilines is 2. The zero-order valence-electron chi connectivity index (χ0n) is 17.3. The van der Waals surface area contributed by atoms with E-state index >= 15 is 0 Å². The highest BCUT2D eigenvalue weighted by atomic mass is 32.2. The van der Waals surface area contributed by atoms with Gasteiger partial charge in [-0.15, -0.1) is 0 Å². The second-order valence-electron chi connectivity index (χ2n) is 7.32. The van der Waals surface area contributed by atoms with Crippen LogP contribution in [0.5, 0.6) is 0 Å². The number of sulfonamides is 1. The van der Waals surface area contributed by atoms with E-state index in [1.807, 2.05) is 4.90 Å². The second-order valence-corrected chi connectivity index (χ2v) is 9.25. The summed E-state index contributed by atoms with van der Waals surface area (Å²) in [6, 6.07) is 12.9. The van der Waals surface area contributed by atoms with Gasteiger partial charge in [0.25, 0.3) is 0 Å². The van der Waals surface area contributed by atoms with Crippen molar-refractivity contribution in [3.05, 3.63) is 54.3 Å². The lowest BCUT2D eigenvalue weighted by Crippen LogP contribution is -2.38. The number of piperidine rings is 1. The van der Waals surface area contributed by atoms with Crippen molar-refractivity contribution < 1.29 is 17.6 Å². The Morgan fingerprint density at radius 1 is 1.07 bits per heavy atom. The number of amides is 1. The molecule has 8 heteroatoms. The van der Waals surface area contributed by atoms with Crippen molar-refractivity contribution in [3.63, 3.8) is 0 Å². The first kappa shape index (κ1) is 22.2. The first-order valence-corrected chi connectivity index (χ1v) is 11.7. The van der Waals surface area contributed by atoms with Crippen LogP contribution in [0, 0.1) is 11.7 Å². The summed E-state index contributed by atoms with van der Waals surface area (Å²) in [4.78, 5) is 14.8. The molecule has 30 heavy (non-hydrogen) atoms. The fraction of sp³-hybridized carbons (Fsp3) is 0.409. The van der Waals surface area contributed by atoms with Crippen LogP contribution < -0.4 is 10.2 Å². The summed E-state index contributed by atoms with van der Waals surface area (Å²) in [7, 11) is -3.52. The summed E-state index contributed by atoms with van der Waals surface area (Å²) in [6.07, 6.45) is 1.27. The number of hydrogen-bond donors (Lipinski definition) is 1. The van der Waals surface area contributed by atoms with Gasteiger partial charge in [0.2, 0.25) is 15.9 Å². The predicted octanol–water partition coefficient (Wildman–Crippen LogP) is 3.71. The second kappa shape index (κ2) is 9.57. The molecule has 2 aromatic rings. The average molecular weight is 434 g/mol. The number of para-hydroxylation sites is 1. The summed E-state index contributed by atoms with van der Waals surface area (Å²) < 4.78 is 40.5. The van der Waals surface area contributed by atoms with Crippen LogP contribution in [-0.4, -0.2) is 44.8 Å². The highest BCUT2D eigenvalue weighted by Crippen LogP contribution is 2.26. The zero-order valence-corrected chi connectivity index (χ0v) is 18.2. The molecule has 162 valence electrons. The molecule has 1 saturated heterocycles. The van der Waals surface area contributed by atoms with E-state index in [0.29, 0.717) is 50.4 Å². The predicted molar refractivity (Wildman–Crippen MR) is 117 cm³/mol. The molecule has 0 unspecified atom stereocenters. The number of carbonyl (C=O) groups excluding carboxylic acids is 1. The van der Waals surface area contributed by atoms with E-state index in [4.69, 9.17) is 0 Å². The topological polar surface area (TPSA) is 69.7 Å². The fourth-order valence-electron chi connectivity index (χ4n) is 3.76. The van der Waals surface area contributed by atoms with Crippen LogP contribution in [-0.2, 0) is 14.8 Å². The molecule has 0 spiro atoms. The monoisotopic (exact) mass is 433 g/mol. The number of carbonyl (C=O) groups is 1. The molecule has 0 aromatic heterocycles. The standard InChI is InChI=1S/C22H28FN3O3S/c1-3-26(4-2)30(28,29)19-11-9-18(10-12-19)24-22(27)17-13-15-25(16-14-17)21-8-6-5-7-20(21)23/h5-12,17H,3-4,13-16H2,1-2H3,(H,24,27). The van der Waals surface area contributed by atoms with Gasteiger partial charge >= 0.3 is 0 Å². The van der Waals surface area contributed by atoms with E-state index in [2.05, 4.69) is 5.32 Å². The maximum absolute atomic E-state index is 14.0. The Morgan fingerprint density at radius 2 is 1.67 bits per heavy atom. The Morgan fingerprint density at radius 3 is 2.23 bits per heavy atom. The van der Waals surface area contributed by atoms with Crippen LogP contribution in [0.2, 0.25) is 0 Å². The molecule has 1 heterocycles. The molecular formula is C22H28FN3O3S. The van der Waals surface area contributed by atoms with Crippen molar-refractivity contribution >= 4 is 27.3 Å². The third-order valence-electron chi connectivity index (χ3n) is 5.52. The van der Waals surface area contributed by atoms with Crippen LogP contribution in [0.1, 0.15) is 26.7 Å². The molecule has 1 aliphatic heterocycles. The van der Waals surface area contributed by atoms with Gasteiger partial charge in [0.1, 0.15) is 5.82 Å². The van der Waals surface area contributed by atoms with Crippen LogP contribution in [0.4, 0.5) is 15.8 Å². The zero-order chi connectivity index (χ0) is 21.7. The van der Waals surface area contributed by atoms with Crippen molar-refractivity contribution in [2.45, 2.75) is 31.6 Å². The number of nitrogens with zero attached hydrogens (tertiary/aromatic N) is 2. The Hall–Kier alpha value is -2.45. The van der Waals surface area contributed by atoms with Gasteiger partial charge < -0.3 is 10.2 Å². The Bertz CT molecular complexity index is 967. The molecule has 1 N–H and O–H groups in total. The number of rotatable bonds is 7. The van der Waals surface area contributed by atoms with Crippen molar-refractivity contribution in [1.29, 1.82) is 0 Å². The molecule has 3 rings (SSSR count). The molecule has 2 aromatic carbocycles. The summed E-state index contributed by atoms with van der Waals surface area (Å²) in [6.45, 7) is 5.63. The number of benzene rings is 2. The van der Waals surface area contributed by atoms with Crippen molar-refractivity contribution in [3.8, 4) is 0 Å². The molecule has 1 amide bonds. The number of halogens is 1. The van der Waals surface area contributed by atoms with Crippen molar-refractivity contribution in [2.75, 3.05) is 36.4 Å². The van der Waals surface area contributed by atoms with Crippen LogP contribution in [0.25, 0.3) is 0 Å². The summed E-state index contributed by atoms with van der Waals surface area (Å²) in [5.74, 6) is -0.505. The summed E-state index contributed by atoms with van der Waals surface area (Å²) >= 11 is 0. The highest BCUT2D eigenvalue weighted by Gasteiger charge is 2.26. The molecule has 0 saturated carbocycles. The Kier molecular flexibility index (Phi) is 7.10. The normalized spacial score (nSPS) is 15.4. The molecule has 6 nitrogen and oxygen atoms in total. The minimum atomic E-state index is -3.52. The van der Waals surface area contributed by atoms with Crippen LogP contribution >= 0.6 is 0 Å². The van der Waals surface area contributed by atoms with Crippen LogP contribution in [0.3, 0.4) is 0 Å². The fourth-order valence-corrected chi connectivity index (χ4v) is 5.22. The van der Waals surface area contributed by atoms with Gasteiger partial charge in [-0.2, -0.15) is 4.31 Å². The van der Waals surface area contributed by atoms with Gasteiger partial charge in [0.15, 0.2) is 0 Å². The van der Waals surface area contributed by atoms with E-state index in [-0.39, 0.29) is 22.5 Å². The van der Waals surface area contributed by atoms with Gasteiger partial charge in [-0.05, 0) is 49.2 Å². The van der Waals surface area contributed by atoms with Gasteiger partial charge in [-0.1, -0.05) is 26.0 Å². The van der Waals surface area contributed by atoms with Gasteiger partial charge in [-0.3, -0.25) is 4.79 Å². The Balaban J connectivity index is 1.59. The summed E-state index contributed by atoms with van der Waals surface area (Å²) in [5, 5.41) is 2.87. The lowest BCUT2D eigenvalue weighted by atomic mass is 9.95. The largest absolute Gasteiger partial charge is 0.369 e. The van der Waals surface area contributed by atoms with E-state index in [1.54, 1.807) is 44.2 Å². The first-order chi connectivity index (χ1) is 14.4. The quantitative estimate of drug-likeness (QED) is 0.723. The third kappa shape index (κ3) is 4.82. The minimum absolute atomic E-state index is 0.0949. The van der Waals surface area contributed by atoms with Gasteiger partial charge in [0.05, 0.1) is 10.6 Å². The van der Waals surface area contributed by atoms with E-state index in [0.717, 1.165) is 0 Å². The lowest BCUT2D eigenvalue weighted by molar-refractivity contribution is -0.120. The van der Waals surface area contributed by atoms with E-state index in [1.165, 1.54) is 22.5 Å². The minimum Gasteiger partial charge on any atom is -0.369 e. The average Bonchev–Trinajstić information content (AvgIpc) is 2.75. The third-order valence-corrected chi connectivity index (χ3v) is 7.59. The smallest absolute Gasteiger partial charge is 0.243 e. The number of nitrogens with one attached hydrogen (secondary N) is 1. The molecule has 1 aliphatic rings. The maximum atomic E-state index is 14.0. The van der Waals surface area contributed by atoms with Crippen LogP contribution in [0.15, 0.2) is 53.4 Å². The number of hydrogen-bond acceptors (Lipinski definition) is 4. The van der Waals surface area contributed by atoms with Gasteiger partial charge in [-0.25, -0.2) is 12.8 Å². The van der Waals surface area contributed by atoms with Crippen molar-refractivity contribution in [1.82, 2.24) is 4.31 Å². The molecular weight excluding hydrogens is 405 g/mol. The van der Waals surface area contributed by atoms with E-state index < -0.39 is 10.0 Å². The molecule has 0 atom stereocenters. The molecule has 0 aliphatic carbocycles. The SMILES string of the molecule is CCN(CC)S(=O)(=O)c1ccc(NC(=O)C2CCN(c3ccccc3F)CC2)cc1. The first-order valence-electron chi connectivity index (χ1n) is 10.3. The maximum Gasteiger partial charge on any atom is 0.243 e. The van der Waals surface area contributed by atoms with Gasteiger partial charge in [0, 0.05) is 37.8 Å². The molecule has 0 bridgehead atoms. The molecule has 1 fully saturated rings. The lowest BCUT2D eigenvalue weighted by Gasteiger charge is -2.33. The molecule has 0 radical (unpaired) electrons. The van der Waals surface area contributed by atoms with Crippen molar-refractivity contribution in [2.24, 2.45) is 5.92 Å². The Labute approximate surface area is 177 Å².